The summed E-state index contributed by atoms with van der Waals surface area (Å²) in [5, 5.41) is 16.4. The number of nitrogens with zero attached hydrogens (tertiary/aromatic N) is 3. The molecular formula is C13H15N3O2S. The second-order valence-corrected chi connectivity index (χ2v) is 5.38. The van der Waals surface area contributed by atoms with Gasteiger partial charge in [0.25, 0.3) is 0 Å². The molecule has 0 fully saturated rings. The average molecular weight is 277 g/mol. The van der Waals surface area contributed by atoms with E-state index in [1.54, 1.807) is 18.0 Å². The number of aliphatic carboxylic acids is 1. The van der Waals surface area contributed by atoms with Crippen molar-refractivity contribution in [1.82, 2.24) is 15.0 Å². The number of aromatic nitrogens is 3. The van der Waals surface area contributed by atoms with Gasteiger partial charge in [-0.05, 0) is 19.1 Å². The van der Waals surface area contributed by atoms with Crippen LogP contribution in [0.15, 0.2) is 35.4 Å². The van der Waals surface area contributed by atoms with Crippen LogP contribution in [0, 0.1) is 6.92 Å². The van der Waals surface area contributed by atoms with Crippen molar-refractivity contribution in [3.05, 3.63) is 41.7 Å². The van der Waals surface area contributed by atoms with Crippen molar-refractivity contribution in [1.29, 1.82) is 0 Å². The SMILES string of the molecule is Cc1ccc(SCCc2cn(CC(=O)O)nn2)cc1. The van der Waals surface area contributed by atoms with Gasteiger partial charge in [0.15, 0.2) is 0 Å². The van der Waals surface area contributed by atoms with Gasteiger partial charge in [-0.3, -0.25) is 4.79 Å². The van der Waals surface area contributed by atoms with Crippen molar-refractivity contribution in [2.24, 2.45) is 0 Å². The zero-order chi connectivity index (χ0) is 13.7. The van der Waals surface area contributed by atoms with E-state index in [1.165, 1.54) is 15.1 Å². The Hall–Kier alpha value is -1.82. The van der Waals surface area contributed by atoms with Crippen LogP contribution in [-0.4, -0.2) is 31.8 Å². The summed E-state index contributed by atoms with van der Waals surface area (Å²) in [5.41, 5.74) is 2.07. The molecule has 2 aromatic rings. The van der Waals surface area contributed by atoms with E-state index in [-0.39, 0.29) is 6.54 Å². The van der Waals surface area contributed by atoms with E-state index in [1.807, 2.05) is 0 Å². The molecule has 1 aromatic heterocycles. The maximum atomic E-state index is 10.5. The van der Waals surface area contributed by atoms with Crippen LogP contribution in [0.2, 0.25) is 0 Å². The largest absolute Gasteiger partial charge is 0.480 e. The van der Waals surface area contributed by atoms with Crippen LogP contribution < -0.4 is 0 Å². The molecule has 0 saturated heterocycles. The summed E-state index contributed by atoms with van der Waals surface area (Å²) in [6, 6.07) is 8.37. The summed E-state index contributed by atoms with van der Waals surface area (Å²) in [5.74, 6) is -0.0139. The third-order valence-corrected chi connectivity index (χ3v) is 3.55. The molecule has 1 heterocycles. The third-order valence-electron chi connectivity index (χ3n) is 2.53. The number of hydrogen-bond donors (Lipinski definition) is 1. The van der Waals surface area contributed by atoms with Gasteiger partial charge in [0.1, 0.15) is 6.54 Å². The van der Waals surface area contributed by atoms with E-state index in [9.17, 15) is 4.79 Å². The molecular weight excluding hydrogens is 262 g/mol. The van der Waals surface area contributed by atoms with Crippen LogP contribution in [0.25, 0.3) is 0 Å². The van der Waals surface area contributed by atoms with E-state index in [2.05, 4.69) is 41.5 Å². The third kappa shape index (κ3) is 4.40. The molecule has 1 aromatic carbocycles. The van der Waals surface area contributed by atoms with E-state index in [0.29, 0.717) is 0 Å². The number of carbonyl (C=O) groups is 1. The number of benzene rings is 1. The van der Waals surface area contributed by atoms with Crippen LogP contribution in [0.3, 0.4) is 0 Å². The molecule has 0 atom stereocenters. The lowest BCUT2D eigenvalue weighted by Crippen LogP contribution is -2.08. The predicted octanol–water partition coefficient (Wildman–Crippen LogP) is 2.01. The quantitative estimate of drug-likeness (QED) is 0.818. The minimum atomic E-state index is -0.912. The number of rotatable bonds is 6. The minimum absolute atomic E-state index is 0.141. The molecule has 2 rings (SSSR count). The lowest BCUT2D eigenvalue weighted by Gasteiger charge is -2.00. The first kappa shape index (κ1) is 13.6. The Labute approximate surface area is 115 Å². The van der Waals surface area contributed by atoms with Gasteiger partial charge in [-0.2, -0.15) is 0 Å². The van der Waals surface area contributed by atoms with Crippen molar-refractivity contribution in [3.63, 3.8) is 0 Å². The first-order valence-electron chi connectivity index (χ1n) is 5.94. The summed E-state index contributed by atoms with van der Waals surface area (Å²) in [6.07, 6.45) is 2.46. The van der Waals surface area contributed by atoms with Crippen LogP contribution in [0.5, 0.6) is 0 Å². The van der Waals surface area contributed by atoms with E-state index >= 15 is 0 Å². The van der Waals surface area contributed by atoms with Gasteiger partial charge in [-0.15, -0.1) is 16.9 Å². The Bertz CT molecular complexity index is 551. The van der Waals surface area contributed by atoms with Crippen molar-refractivity contribution < 1.29 is 9.90 Å². The Morgan fingerprint density at radius 1 is 1.37 bits per heavy atom. The molecule has 0 aliphatic rings. The summed E-state index contributed by atoms with van der Waals surface area (Å²) in [7, 11) is 0. The van der Waals surface area contributed by atoms with Gasteiger partial charge in [0.2, 0.25) is 0 Å². The van der Waals surface area contributed by atoms with Gasteiger partial charge in [0, 0.05) is 23.3 Å². The topological polar surface area (TPSA) is 68.0 Å². The van der Waals surface area contributed by atoms with Crippen molar-refractivity contribution in [2.75, 3.05) is 5.75 Å². The van der Waals surface area contributed by atoms with Gasteiger partial charge >= 0.3 is 5.97 Å². The van der Waals surface area contributed by atoms with Crippen molar-refractivity contribution >= 4 is 17.7 Å². The smallest absolute Gasteiger partial charge is 0.325 e. The molecule has 6 heteroatoms. The number of carboxylic acids is 1. The summed E-state index contributed by atoms with van der Waals surface area (Å²) >= 11 is 1.75. The first-order chi connectivity index (χ1) is 9.13. The first-order valence-corrected chi connectivity index (χ1v) is 6.92. The number of aryl methyl sites for hydroxylation is 2. The highest BCUT2D eigenvalue weighted by molar-refractivity contribution is 7.99. The van der Waals surface area contributed by atoms with E-state index < -0.39 is 5.97 Å². The zero-order valence-electron chi connectivity index (χ0n) is 10.6. The van der Waals surface area contributed by atoms with E-state index in [4.69, 9.17) is 5.11 Å². The maximum absolute atomic E-state index is 10.5. The standard InChI is InChI=1S/C13H15N3O2S/c1-10-2-4-12(5-3-10)19-7-6-11-8-16(15-14-11)9-13(17)18/h2-5,8H,6-7,9H2,1H3,(H,17,18). The van der Waals surface area contributed by atoms with Crippen molar-refractivity contribution in [3.8, 4) is 0 Å². The lowest BCUT2D eigenvalue weighted by molar-refractivity contribution is -0.137. The fourth-order valence-electron chi connectivity index (χ4n) is 1.58. The molecule has 0 saturated carbocycles. The second kappa shape index (κ2) is 6.38. The zero-order valence-corrected chi connectivity index (χ0v) is 11.4. The Balaban J connectivity index is 1.80. The van der Waals surface area contributed by atoms with Gasteiger partial charge in [-0.1, -0.05) is 22.9 Å². The van der Waals surface area contributed by atoms with Crippen molar-refractivity contribution in [2.45, 2.75) is 24.8 Å². The lowest BCUT2D eigenvalue weighted by atomic mass is 10.2. The minimum Gasteiger partial charge on any atom is -0.480 e. The highest BCUT2D eigenvalue weighted by Crippen LogP contribution is 2.19. The molecule has 0 radical (unpaired) electrons. The van der Waals surface area contributed by atoms with E-state index in [0.717, 1.165) is 17.9 Å². The maximum Gasteiger partial charge on any atom is 0.325 e. The van der Waals surface area contributed by atoms with Crippen LogP contribution in [0.4, 0.5) is 0 Å². The summed E-state index contributed by atoms with van der Waals surface area (Å²) in [4.78, 5) is 11.7. The molecule has 19 heavy (non-hydrogen) atoms. The Morgan fingerprint density at radius 3 is 2.79 bits per heavy atom. The average Bonchev–Trinajstić information content (AvgIpc) is 2.78. The monoisotopic (exact) mass is 277 g/mol. The molecule has 0 unspecified atom stereocenters. The van der Waals surface area contributed by atoms with Gasteiger partial charge in [-0.25, -0.2) is 4.68 Å². The Morgan fingerprint density at radius 2 is 2.11 bits per heavy atom. The molecule has 0 bridgehead atoms. The summed E-state index contributed by atoms with van der Waals surface area (Å²) in [6.45, 7) is 1.92. The van der Waals surface area contributed by atoms with Gasteiger partial charge in [0.05, 0.1) is 5.69 Å². The predicted molar refractivity (Wildman–Crippen MR) is 73.3 cm³/mol. The summed E-state index contributed by atoms with van der Waals surface area (Å²) < 4.78 is 1.34. The molecule has 0 amide bonds. The Kier molecular flexibility index (Phi) is 4.57. The number of carboxylic acid groups (broad SMARTS) is 1. The highest BCUT2D eigenvalue weighted by atomic mass is 32.2. The molecule has 0 aliphatic heterocycles. The fraction of sp³-hybridized carbons (Fsp3) is 0.308. The normalized spacial score (nSPS) is 10.6. The molecule has 100 valence electrons. The molecule has 0 spiro atoms. The molecule has 5 nitrogen and oxygen atoms in total. The van der Waals surface area contributed by atoms with Crippen LogP contribution >= 0.6 is 11.8 Å². The van der Waals surface area contributed by atoms with Crippen LogP contribution in [0.1, 0.15) is 11.3 Å². The second-order valence-electron chi connectivity index (χ2n) is 4.21. The van der Waals surface area contributed by atoms with Gasteiger partial charge < -0.3 is 5.11 Å². The number of hydrogen-bond acceptors (Lipinski definition) is 4. The fourth-order valence-corrected chi connectivity index (χ4v) is 2.45. The number of thioether (sulfide) groups is 1. The highest BCUT2D eigenvalue weighted by Gasteiger charge is 2.04. The van der Waals surface area contributed by atoms with Crippen LogP contribution in [-0.2, 0) is 17.8 Å². The molecule has 0 aliphatic carbocycles. The molecule has 1 N–H and O–H groups in total.